The molecule has 0 spiro atoms. The van der Waals surface area contributed by atoms with Gasteiger partial charge in [-0.05, 0) is 11.6 Å². The van der Waals surface area contributed by atoms with Gasteiger partial charge in [-0.1, -0.05) is 62.2 Å². The second-order valence-electron chi connectivity index (χ2n) is 3.79. The molecule has 2 rings (SSSR count). The molecule has 0 aliphatic heterocycles. The first-order chi connectivity index (χ1) is 8.85. The Balaban J connectivity index is 2.17. The number of aromatic nitrogens is 1. The van der Waals surface area contributed by atoms with E-state index >= 15 is 0 Å². The Labute approximate surface area is 124 Å². The van der Waals surface area contributed by atoms with Crippen LogP contribution in [0.15, 0.2) is 42.6 Å². The van der Waals surface area contributed by atoms with Crippen LogP contribution < -0.4 is 4.74 Å². The van der Waals surface area contributed by atoms with Gasteiger partial charge < -0.3 is 4.74 Å². The molecule has 0 radical (unpaired) electrons. The third-order valence-corrected chi connectivity index (χ3v) is 3.69. The minimum atomic E-state index is 0.562. The fraction of sp³-hybridized carbons (Fsp3) is 0.214. The van der Waals surface area contributed by atoms with Crippen LogP contribution in [0.25, 0.3) is 0 Å². The second-order valence-corrected chi connectivity index (χ2v) is 4.91. The van der Waals surface area contributed by atoms with Gasteiger partial charge in [-0.25, -0.2) is 0 Å². The van der Waals surface area contributed by atoms with E-state index in [1.165, 1.54) is 0 Å². The van der Waals surface area contributed by atoms with Crippen LogP contribution in [0.2, 0.25) is 0 Å². The number of pyridine rings is 1. The molecule has 4 heteroatoms. The molecule has 0 saturated carbocycles. The van der Waals surface area contributed by atoms with Crippen molar-refractivity contribution in [1.29, 1.82) is 0 Å². The van der Waals surface area contributed by atoms with Crippen molar-refractivity contribution in [2.45, 2.75) is 17.3 Å². The van der Waals surface area contributed by atoms with Crippen LogP contribution in [0.1, 0.15) is 16.8 Å². The molecule has 0 atom stereocenters. The molecule has 2 nitrogen and oxygen atoms in total. The summed E-state index contributed by atoms with van der Waals surface area (Å²) in [5.74, 6) is 0.870. The SMILES string of the molecule is BrCc1ccnc(CBr)c1OCc1ccccc1. The van der Waals surface area contributed by atoms with Crippen molar-refractivity contribution >= 4 is 31.9 Å². The van der Waals surface area contributed by atoms with E-state index in [0.29, 0.717) is 11.9 Å². The molecular formula is C14H13Br2NO. The van der Waals surface area contributed by atoms with Gasteiger partial charge in [0.2, 0.25) is 0 Å². The van der Waals surface area contributed by atoms with E-state index in [-0.39, 0.29) is 0 Å². The number of hydrogen-bond acceptors (Lipinski definition) is 2. The van der Waals surface area contributed by atoms with Crippen LogP contribution in [0.5, 0.6) is 5.75 Å². The van der Waals surface area contributed by atoms with Crippen molar-refractivity contribution < 1.29 is 4.74 Å². The van der Waals surface area contributed by atoms with Crippen molar-refractivity contribution in [3.05, 3.63) is 59.4 Å². The largest absolute Gasteiger partial charge is 0.487 e. The zero-order chi connectivity index (χ0) is 12.8. The molecule has 18 heavy (non-hydrogen) atoms. The Morgan fingerprint density at radius 2 is 1.78 bits per heavy atom. The average molecular weight is 371 g/mol. The Kier molecular flexibility index (Phi) is 5.20. The molecule has 1 aromatic heterocycles. The lowest BCUT2D eigenvalue weighted by molar-refractivity contribution is 0.300. The molecule has 0 amide bonds. The fourth-order valence-corrected chi connectivity index (χ4v) is 2.48. The van der Waals surface area contributed by atoms with Crippen LogP contribution in [0.3, 0.4) is 0 Å². The Hall–Kier alpha value is -0.870. The molecule has 0 unspecified atom stereocenters. The number of ether oxygens (including phenoxy) is 1. The molecule has 0 fully saturated rings. The second kappa shape index (κ2) is 6.90. The molecule has 1 aromatic carbocycles. The lowest BCUT2D eigenvalue weighted by Crippen LogP contribution is -2.02. The molecule has 0 aliphatic carbocycles. The Morgan fingerprint density at radius 3 is 2.44 bits per heavy atom. The smallest absolute Gasteiger partial charge is 0.146 e. The number of halogens is 2. The molecule has 0 saturated heterocycles. The predicted octanol–water partition coefficient (Wildman–Crippen LogP) is 4.45. The zero-order valence-corrected chi connectivity index (χ0v) is 12.9. The van der Waals surface area contributed by atoms with Crippen LogP contribution in [-0.4, -0.2) is 4.98 Å². The third-order valence-electron chi connectivity index (χ3n) is 2.56. The van der Waals surface area contributed by atoms with Gasteiger partial charge in [0.25, 0.3) is 0 Å². The molecule has 94 valence electrons. The van der Waals surface area contributed by atoms with Crippen molar-refractivity contribution in [3.8, 4) is 5.75 Å². The standard InChI is InChI=1S/C14H13Br2NO/c15-8-12-6-7-17-13(9-16)14(12)18-10-11-4-2-1-3-5-11/h1-7H,8-10H2. The van der Waals surface area contributed by atoms with Gasteiger partial charge in [-0.2, -0.15) is 0 Å². The zero-order valence-electron chi connectivity index (χ0n) is 9.77. The van der Waals surface area contributed by atoms with E-state index < -0.39 is 0 Å². The van der Waals surface area contributed by atoms with E-state index in [2.05, 4.69) is 49.0 Å². The van der Waals surface area contributed by atoms with Gasteiger partial charge >= 0.3 is 0 Å². The van der Waals surface area contributed by atoms with Crippen LogP contribution >= 0.6 is 31.9 Å². The highest BCUT2D eigenvalue weighted by molar-refractivity contribution is 9.08. The maximum Gasteiger partial charge on any atom is 0.146 e. The highest BCUT2D eigenvalue weighted by atomic mass is 79.9. The summed E-state index contributed by atoms with van der Waals surface area (Å²) in [5, 5.41) is 1.46. The maximum atomic E-state index is 5.91. The first kappa shape index (κ1) is 13.6. The van der Waals surface area contributed by atoms with Crippen LogP contribution in [-0.2, 0) is 17.3 Å². The van der Waals surface area contributed by atoms with E-state index in [4.69, 9.17) is 4.74 Å². The van der Waals surface area contributed by atoms with Gasteiger partial charge in [0.1, 0.15) is 12.4 Å². The molecule has 1 heterocycles. The summed E-state index contributed by atoms with van der Waals surface area (Å²) in [4.78, 5) is 4.33. The summed E-state index contributed by atoms with van der Waals surface area (Å²) in [5.41, 5.74) is 3.21. The van der Waals surface area contributed by atoms with Gasteiger partial charge in [-0.3, -0.25) is 4.98 Å². The number of rotatable bonds is 5. The highest BCUT2D eigenvalue weighted by Crippen LogP contribution is 2.26. The first-order valence-corrected chi connectivity index (χ1v) is 7.85. The van der Waals surface area contributed by atoms with Gasteiger partial charge in [0.15, 0.2) is 0 Å². The summed E-state index contributed by atoms with van der Waals surface area (Å²) >= 11 is 6.91. The van der Waals surface area contributed by atoms with E-state index in [1.807, 2.05) is 30.5 Å². The summed E-state index contributed by atoms with van der Waals surface area (Å²) < 4.78 is 5.91. The van der Waals surface area contributed by atoms with Crippen molar-refractivity contribution in [3.63, 3.8) is 0 Å². The third kappa shape index (κ3) is 3.33. The Bertz CT molecular complexity index is 480. The normalized spacial score (nSPS) is 10.3. The lowest BCUT2D eigenvalue weighted by Gasteiger charge is -2.13. The number of nitrogens with zero attached hydrogens (tertiary/aromatic N) is 1. The minimum Gasteiger partial charge on any atom is -0.487 e. The minimum absolute atomic E-state index is 0.562. The number of hydrogen-bond donors (Lipinski definition) is 0. The summed E-state index contributed by atoms with van der Waals surface area (Å²) in [6.07, 6.45) is 1.81. The quantitative estimate of drug-likeness (QED) is 0.725. The maximum absolute atomic E-state index is 5.91. The van der Waals surface area contributed by atoms with Gasteiger partial charge in [-0.15, -0.1) is 0 Å². The van der Waals surface area contributed by atoms with Crippen molar-refractivity contribution in [1.82, 2.24) is 4.98 Å². The van der Waals surface area contributed by atoms with Crippen molar-refractivity contribution in [2.75, 3.05) is 0 Å². The summed E-state index contributed by atoms with van der Waals surface area (Å²) in [7, 11) is 0. The van der Waals surface area contributed by atoms with E-state index in [1.54, 1.807) is 0 Å². The highest BCUT2D eigenvalue weighted by Gasteiger charge is 2.09. The monoisotopic (exact) mass is 369 g/mol. The number of alkyl halides is 2. The van der Waals surface area contributed by atoms with Gasteiger partial charge in [0.05, 0.1) is 5.69 Å². The average Bonchev–Trinajstić information content (AvgIpc) is 2.45. The predicted molar refractivity (Wildman–Crippen MR) is 80.3 cm³/mol. The molecule has 0 aliphatic rings. The summed E-state index contributed by atoms with van der Waals surface area (Å²) in [6.45, 7) is 0.562. The van der Waals surface area contributed by atoms with E-state index in [0.717, 1.165) is 27.9 Å². The summed E-state index contributed by atoms with van der Waals surface area (Å²) in [6, 6.07) is 12.1. The van der Waals surface area contributed by atoms with Crippen LogP contribution in [0.4, 0.5) is 0 Å². The molecular weight excluding hydrogens is 358 g/mol. The topological polar surface area (TPSA) is 22.1 Å². The number of benzene rings is 1. The first-order valence-electron chi connectivity index (χ1n) is 5.60. The molecule has 0 bridgehead atoms. The molecule has 0 N–H and O–H groups in total. The van der Waals surface area contributed by atoms with Gasteiger partial charge in [0, 0.05) is 22.4 Å². The van der Waals surface area contributed by atoms with Crippen molar-refractivity contribution in [2.24, 2.45) is 0 Å². The lowest BCUT2D eigenvalue weighted by atomic mass is 10.2. The van der Waals surface area contributed by atoms with E-state index in [9.17, 15) is 0 Å². The molecule has 2 aromatic rings. The van der Waals surface area contributed by atoms with Crippen LogP contribution in [0, 0.1) is 0 Å². The fourth-order valence-electron chi connectivity index (χ4n) is 1.64. The Morgan fingerprint density at radius 1 is 1.00 bits per heavy atom.